The molecule has 8 heteroatoms. The van der Waals surface area contributed by atoms with Gasteiger partial charge < -0.3 is 19.5 Å². The number of hydrogen-bond acceptors (Lipinski definition) is 7. The van der Waals surface area contributed by atoms with E-state index in [1.165, 1.54) is 11.1 Å². The minimum Gasteiger partial charge on any atom is -0.490 e. The van der Waals surface area contributed by atoms with E-state index in [1.807, 2.05) is 18.2 Å². The topological polar surface area (TPSA) is 87.5 Å². The molecule has 8 nitrogen and oxygen atoms in total. The summed E-state index contributed by atoms with van der Waals surface area (Å²) in [6, 6.07) is 14.0. The molecule has 3 aliphatic rings. The number of methoxy groups -OCH3 is 1. The number of anilines is 1. The van der Waals surface area contributed by atoms with E-state index >= 15 is 0 Å². The second-order valence-electron chi connectivity index (χ2n) is 9.34. The number of rotatable bonds is 4. The van der Waals surface area contributed by atoms with Gasteiger partial charge >= 0.3 is 0 Å². The summed E-state index contributed by atoms with van der Waals surface area (Å²) in [5, 5.41) is 8.13. The van der Waals surface area contributed by atoms with Crippen LogP contribution in [-0.4, -0.2) is 40.9 Å². The number of aromatic nitrogens is 3. The Morgan fingerprint density at radius 1 is 1.06 bits per heavy atom. The number of ketones is 1. The lowest BCUT2D eigenvalue weighted by Crippen LogP contribution is -2.33. The Morgan fingerprint density at radius 2 is 1.83 bits per heavy atom. The minimum absolute atomic E-state index is 0.117. The van der Waals surface area contributed by atoms with Crippen molar-refractivity contribution in [3.05, 3.63) is 76.2 Å². The van der Waals surface area contributed by atoms with Gasteiger partial charge in [0, 0.05) is 31.2 Å². The fourth-order valence-electron chi connectivity index (χ4n) is 5.18. The highest BCUT2D eigenvalue weighted by Crippen LogP contribution is 2.45. The SMILES string of the molecule is COCc1nc2n(n1)C(c1ccc3c(c1)OCCCO3)C1=C(CC(c3ccc(C)cc3)CC1=O)N2. The molecule has 0 radical (unpaired) electrons. The third kappa shape index (κ3) is 3.97. The molecule has 0 amide bonds. The maximum absolute atomic E-state index is 13.7. The number of allylic oxidation sites excluding steroid dienone is 2. The summed E-state index contributed by atoms with van der Waals surface area (Å²) in [7, 11) is 1.62. The van der Waals surface area contributed by atoms with Crippen LogP contribution < -0.4 is 14.8 Å². The van der Waals surface area contributed by atoms with Crippen LogP contribution in [-0.2, 0) is 16.1 Å². The molecule has 35 heavy (non-hydrogen) atoms. The van der Waals surface area contributed by atoms with Gasteiger partial charge in [0.05, 0.1) is 13.2 Å². The van der Waals surface area contributed by atoms with Crippen LogP contribution in [0.15, 0.2) is 53.7 Å². The number of benzene rings is 2. The fraction of sp³-hybridized carbons (Fsp3) is 0.370. The van der Waals surface area contributed by atoms with Crippen molar-refractivity contribution in [2.24, 2.45) is 0 Å². The Morgan fingerprint density at radius 3 is 2.63 bits per heavy atom. The molecular formula is C27H28N4O4. The number of Topliss-reactive ketones (excluding diaryl/α,β-unsaturated/α-hetero) is 1. The van der Waals surface area contributed by atoms with Crippen molar-refractivity contribution in [1.29, 1.82) is 0 Å². The van der Waals surface area contributed by atoms with Crippen molar-refractivity contribution in [1.82, 2.24) is 14.8 Å². The monoisotopic (exact) mass is 472 g/mol. The van der Waals surface area contributed by atoms with Crippen molar-refractivity contribution in [3.8, 4) is 11.5 Å². The predicted octanol–water partition coefficient (Wildman–Crippen LogP) is 4.31. The van der Waals surface area contributed by atoms with E-state index in [-0.39, 0.29) is 11.7 Å². The average Bonchev–Trinajstić information content (AvgIpc) is 3.10. The van der Waals surface area contributed by atoms with Gasteiger partial charge in [-0.1, -0.05) is 35.9 Å². The van der Waals surface area contributed by atoms with Crippen molar-refractivity contribution >= 4 is 11.7 Å². The lowest BCUT2D eigenvalue weighted by atomic mass is 9.78. The number of aryl methyl sites for hydroxylation is 1. The molecule has 0 spiro atoms. The second-order valence-corrected chi connectivity index (χ2v) is 9.34. The number of carbonyl (C=O) groups is 1. The maximum atomic E-state index is 13.7. The molecule has 2 aromatic carbocycles. The molecule has 1 N–H and O–H groups in total. The Bertz CT molecular complexity index is 1310. The number of nitrogens with one attached hydrogen (secondary N) is 1. The lowest BCUT2D eigenvalue weighted by Gasteiger charge is -2.35. The van der Waals surface area contributed by atoms with E-state index in [1.54, 1.807) is 11.8 Å². The van der Waals surface area contributed by atoms with Crippen LogP contribution in [0.25, 0.3) is 0 Å². The average molecular weight is 473 g/mol. The van der Waals surface area contributed by atoms with E-state index in [2.05, 4.69) is 41.5 Å². The standard InChI is InChI=1S/C27H28N4O4/c1-16-4-6-17(7-5-16)19-12-20-25(21(32)13-19)26(31-27(28-20)29-24(30-31)15-33-2)18-8-9-22-23(14-18)35-11-3-10-34-22/h4-9,14,19,26H,3,10-13,15H2,1-2H3,(H,28,29,30). The first-order valence-electron chi connectivity index (χ1n) is 12.0. The van der Waals surface area contributed by atoms with Gasteiger partial charge in [-0.15, -0.1) is 0 Å². The lowest BCUT2D eigenvalue weighted by molar-refractivity contribution is -0.116. The van der Waals surface area contributed by atoms with Gasteiger partial charge in [-0.25, -0.2) is 4.68 Å². The van der Waals surface area contributed by atoms with Gasteiger partial charge in [0.1, 0.15) is 12.6 Å². The molecule has 0 bridgehead atoms. The zero-order valence-corrected chi connectivity index (χ0v) is 19.9. The summed E-state index contributed by atoms with van der Waals surface area (Å²) in [6.45, 7) is 3.59. The zero-order valence-electron chi connectivity index (χ0n) is 19.9. The summed E-state index contributed by atoms with van der Waals surface area (Å²) < 4.78 is 18.9. The normalized spacial score (nSPS) is 21.1. The molecule has 0 fully saturated rings. The molecule has 6 rings (SSSR count). The highest BCUT2D eigenvalue weighted by Gasteiger charge is 2.40. The van der Waals surface area contributed by atoms with Crippen molar-refractivity contribution in [2.45, 2.75) is 44.8 Å². The molecule has 180 valence electrons. The van der Waals surface area contributed by atoms with E-state index in [0.717, 1.165) is 35.4 Å². The van der Waals surface area contributed by atoms with Gasteiger partial charge in [-0.3, -0.25) is 4.79 Å². The van der Waals surface area contributed by atoms with Crippen LogP contribution in [0.2, 0.25) is 0 Å². The Labute approximate surface area is 203 Å². The van der Waals surface area contributed by atoms with Gasteiger partial charge in [0.25, 0.3) is 0 Å². The van der Waals surface area contributed by atoms with E-state index in [0.29, 0.717) is 43.8 Å². The second kappa shape index (κ2) is 8.85. The first-order chi connectivity index (χ1) is 17.1. The fourth-order valence-corrected chi connectivity index (χ4v) is 5.18. The number of fused-ring (bicyclic) bond motifs is 2. The minimum atomic E-state index is -0.400. The van der Waals surface area contributed by atoms with Crippen LogP contribution in [0, 0.1) is 6.92 Å². The van der Waals surface area contributed by atoms with Gasteiger partial charge in [-0.05, 0) is 42.5 Å². The predicted molar refractivity (Wildman–Crippen MR) is 130 cm³/mol. The molecule has 1 aromatic heterocycles. The van der Waals surface area contributed by atoms with Crippen molar-refractivity contribution < 1.29 is 19.0 Å². The van der Waals surface area contributed by atoms with Gasteiger partial charge in [0.15, 0.2) is 23.1 Å². The first-order valence-corrected chi connectivity index (χ1v) is 12.0. The first kappa shape index (κ1) is 21.9. The number of ether oxygens (including phenoxy) is 3. The molecule has 0 saturated heterocycles. The van der Waals surface area contributed by atoms with Crippen molar-refractivity contribution in [3.63, 3.8) is 0 Å². The van der Waals surface area contributed by atoms with Crippen LogP contribution in [0.5, 0.6) is 11.5 Å². The van der Waals surface area contributed by atoms with Crippen LogP contribution in [0.3, 0.4) is 0 Å². The summed E-state index contributed by atoms with van der Waals surface area (Å²) >= 11 is 0. The number of carbonyl (C=O) groups excluding carboxylic acids is 1. The molecule has 3 aromatic rings. The quantitative estimate of drug-likeness (QED) is 0.605. The van der Waals surface area contributed by atoms with Crippen LogP contribution in [0.1, 0.15) is 53.7 Å². The third-order valence-electron chi connectivity index (χ3n) is 6.87. The number of nitrogens with zero attached hydrogens (tertiary/aromatic N) is 3. The molecule has 1 aliphatic carbocycles. The summed E-state index contributed by atoms with van der Waals surface area (Å²) in [4.78, 5) is 18.4. The molecule has 2 aliphatic heterocycles. The highest BCUT2D eigenvalue weighted by atomic mass is 16.5. The Balaban J connectivity index is 1.44. The van der Waals surface area contributed by atoms with E-state index in [4.69, 9.17) is 19.3 Å². The van der Waals surface area contributed by atoms with E-state index < -0.39 is 6.04 Å². The van der Waals surface area contributed by atoms with Gasteiger partial charge in [-0.2, -0.15) is 10.1 Å². The molecule has 0 saturated carbocycles. The van der Waals surface area contributed by atoms with Crippen molar-refractivity contribution in [2.75, 3.05) is 25.6 Å². The highest BCUT2D eigenvalue weighted by molar-refractivity contribution is 6.00. The molecule has 2 unspecified atom stereocenters. The summed E-state index contributed by atoms with van der Waals surface area (Å²) in [6.07, 6.45) is 2.02. The smallest absolute Gasteiger partial charge is 0.226 e. The maximum Gasteiger partial charge on any atom is 0.226 e. The van der Waals surface area contributed by atoms with Crippen LogP contribution >= 0.6 is 0 Å². The Kier molecular flexibility index (Phi) is 5.53. The third-order valence-corrected chi connectivity index (χ3v) is 6.87. The van der Waals surface area contributed by atoms with Gasteiger partial charge in [0.2, 0.25) is 5.95 Å². The largest absolute Gasteiger partial charge is 0.490 e. The summed E-state index contributed by atoms with van der Waals surface area (Å²) in [5.74, 6) is 2.84. The molecule has 2 atom stereocenters. The molecule has 3 heterocycles. The number of hydrogen-bond donors (Lipinski definition) is 1. The Hall–Kier alpha value is -3.65. The van der Waals surface area contributed by atoms with Crippen LogP contribution in [0.4, 0.5) is 5.95 Å². The molecular weight excluding hydrogens is 444 g/mol. The summed E-state index contributed by atoms with van der Waals surface area (Å²) in [5.41, 5.74) is 4.95. The zero-order chi connectivity index (χ0) is 23.9. The van der Waals surface area contributed by atoms with E-state index in [9.17, 15) is 4.79 Å².